The van der Waals surface area contributed by atoms with E-state index in [1.54, 1.807) is 6.08 Å². The number of hydrogen-bond donors (Lipinski definition) is 0. The molecular formula is C9H7Cl2FO. The average Bonchev–Trinajstić information content (AvgIpc) is 2.11. The van der Waals surface area contributed by atoms with E-state index in [1.807, 2.05) is 0 Å². The van der Waals surface area contributed by atoms with Gasteiger partial charge in [-0.3, -0.25) is 0 Å². The first-order valence-electron chi connectivity index (χ1n) is 3.57. The molecule has 4 heteroatoms. The highest BCUT2D eigenvalue weighted by Gasteiger charge is 2.01. The van der Waals surface area contributed by atoms with Gasteiger partial charge in [-0.05, 0) is 18.2 Å². The largest absolute Gasteiger partial charge is 0.488 e. The molecule has 1 rings (SSSR count). The lowest BCUT2D eigenvalue weighted by Gasteiger charge is -2.04. The van der Waals surface area contributed by atoms with Gasteiger partial charge < -0.3 is 4.74 Å². The highest BCUT2D eigenvalue weighted by atomic mass is 35.5. The molecule has 0 aromatic heterocycles. The number of ether oxygens (including phenoxy) is 1. The summed E-state index contributed by atoms with van der Waals surface area (Å²) < 4.78 is 17.8. The van der Waals surface area contributed by atoms with Crippen LogP contribution in [-0.4, -0.2) is 6.61 Å². The van der Waals surface area contributed by atoms with Crippen molar-refractivity contribution in [2.45, 2.75) is 0 Å². The van der Waals surface area contributed by atoms with Gasteiger partial charge in [0.05, 0.1) is 5.02 Å². The number of rotatable bonds is 3. The Labute approximate surface area is 85.7 Å². The van der Waals surface area contributed by atoms with E-state index < -0.39 is 0 Å². The van der Waals surface area contributed by atoms with Gasteiger partial charge in [0.25, 0.3) is 0 Å². The molecule has 0 bridgehead atoms. The molecule has 0 saturated carbocycles. The van der Waals surface area contributed by atoms with E-state index in [9.17, 15) is 4.39 Å². The molecule has 0 unspecified atom stereocenters. The van der Waals surface area contributed by atoms with Crippen LogP contribution in [-0.2, 0) is 0 Å². The van der Waals surface area contributed by atoms with Crippen molar-refractivity contribution in [1.82, 2.24) is 0 Å². The molecule has 1 nitrogen and oxygen atoms in total. The smallest absolute Gasteiger partial charge is 0.141 e. The normalized spacial score (nSPS) is 10.7. The molecule has 1 aromatic carbocycles. The number of benzene rings is 1. The summed E-state index contributed by atoms with van der Waals surface area (Å²) in [6.07, 6.45) is 1.59. The summed E-state index contributed by atoms with van der Waals surface area (Å²) >= 11 is 11.0. The van der Waals surface area contributed by atoms with Gasteiger partial charge >= 0.3 is 0 Å². The third-order valence-corrected chi connectivity index (χ3v) is 1.81. The van der Waals surface area contributed by atoms with E-state index in [4.69, 9.17) is 27.9 Å². The molecule has 0 atom stereocenters. The van der Waals surface area contributed by atoms with E-state index in [2.05, 4.69) is 0 Å². The molecule has 0 fully saturated rings. The lowest BCUT2D eigenvalue weighted by molar-refractivity contribution is 0.361. The molecule has 13 heavy (non-hydrogen) atoms. The third-order valence-electron chi connectivity index (χ3n) is 1.32. The fraction of sp³-hybridized carbons (Fsp3) is 0.111. The summed E-state index contributed by atoms with van der Waals surface area (Å²) in [5.41, 5.74) is 1.33. The lowest BCUT2D eigenvalue weighted by atomic mass is 10.3. The van der Waals surface area contributed by atoms with Gasteiger partial charge in [-0.2, -0.15) is 0 Å². The van der Waals surface area contributed by atoms with Gasteiger partial charge in [-0.1, -0.05) is 23.2 Å². The number of hydrogen-bond acceptors (Lipinski definition) is 1. The zero-order valence-corrected chi connectivity index (χ0v) is 8.15. The number of halogens is 3. The van der Waals surface area contributed by atoms with Crippen LogP contribution in [0.4, 0.5) is 4.39 Å². The summed E-state index contributed by atoms with van der Waals surface area (Å²) in [4.78, 5) is 0. The van der Waals surface area contributed by atoms with Crippen LogP contribution in [0.2, 0.25) is 5.02 Å². The molecule has 0 aliphatic heterocycles. The van der Waals surface area contributed by atoms with Gasteiger partial charge in [0, 0.05) is 11.6 Å². The maximum Gasteiger partial charge on any atom is 0.141 e. The second kappa shape index (κ2) is 5.10. The van der Waals surface area contributed by atoms with Crippen molar-refractivity contribution in [3.8, 4) is 5.75 Å². The van der Waals surface area contributed by atoms with Crippen LogP contribution in [0.25, 0.3) is 0 Å². The van der Waals surface area contributed by atoms with Gasteiger partial charge in [0.2, 0.25) is 0 Å². The van der Waals surface area contributed by atoms with Gasteiger partial charge in [0.1, 0.15) is 18.2 Å². The standard InChI is InChI=1S/C9H7Cl2FO/c10-4-1-5-13-9-6-7(12)2-3-8(9)11/h1-4,6H,5H2/b4-1+. The Morgan fingerprint density at radius 2 is 2.23 bits per heavy atom. The van der Waals surface area contributed by atoms with E-state index in [0.717, 1.165) is 0 Å². The van der Waals surface area contributed by atoms with Crippen LogP contribution in [0.15, 0.2) is 29.8 Å². The molecule has 0 spiro atoms. The Balaban J connectivity index is 2.69. The average molecular weight is 221 g/mol. The Kier molecular flexibility index (Phi) is 4.06. The lowest BCUT2D eigenvalue weighted by Crippen LogP contribution is -1.94. The predicted molar refractivity (Wildman–Crippen MR) is 51.9 cm³/mol. The zero-order chi connectivity index (χ0) is 9.68. The molecule has 0 radical (unpaired) electrons. The van der Waals surface area contributed by atoms with Crippen LogP contribution >= 0.6 is 23.2 Å². The molecule has 0 heterocycles. The van der Waals surface area contributed by atoms with Crippen molar-refractivity contribution in [3.05, 3.63) is 40.7 Å². The van der Waals surface area contributed by atoms with Crippen LogP contribution in [0.5, 0.6) is 5.75 Å². The van der Waals surface area contributed by atoms with Gasteiger partial charge in [0.15, 0.2) is 0 Å². The third kappa shape index (κ3) is 3.25. The van der Waals surface area contributed by atoms with Crippen LogP contribution < -0.4 is 4.74 Å². The SMILES string of the molecule is Fc1ccc(Cl)c(OC/C=C/Cl)c1. The molecule has 0 saturated heterocycles. The molecule has 0 aliphatic rings. The monoisotopic (exact) mass is 220 g/mol. The Hall–Kier alpha value is -0.730. The minimum absolute atomic E-state index is 0.271. The topological polar surface area (TPSA) is 9.23 Å². The molecule has 70 valence electrons. The first-order valence-corrected chi connectivity index (χ1v) is 4.38. The fourth-order valence-corrected chi connectivity index (χ4v) is 1.01. The summed E-state index contributed by atoms with van der Waals surface area (Å²) in [6.45, 7) is 0.271. The zero-order valence-electron chi connectivity index (χ0n) is 6.64. The summed E-state index contributed by atoms with van der Waals surface area (Å²) in [5, 5.41) is 0.379. The van der Waals surface area contributed by atoms with E-state index >= 15 is 0 Å². The molecule has 0 aliphatic carbocycles. The van der Waals surface area contributed by atoms with Crippen LogP contribution in [0, 0.1) is 5.82 Å². The second-order valence-electron chi connectivity index (χ2n) is 2.25. The Morgan fingerprint density at radius 1 is 1.46 bits per heavy atom. The first-order chi connectivity index (χ1) is 6.24. The quantitative estimate of drug-likeness (QED) is 0.757. The molecule has 0 amide bonds. The summed E-state index contributed by atoms with van der Waals surface area (Å²) in [7, 11) is 0. The van der Waals surface area contributed by atoms with Crippen molar-refractivity contribution >= 4 is 23.2 Å². The van der Waals surface area contributed by atoms with Gasteiger partial charge in [-0.25, -0.2) is 4.39 Å². The highest BCUT2D eigenvalue weighted by Crippen LogP contribution is 2.24. The van der Waals surface area contributed by atoms with Crippen LogP contribution in [0.1, 0.15) is 0 Å². The van der Waals surface area contributed by atoms with Crippen molar-refractivity contribution in [1.29, 1.82) is 0 Å². The molecule has 0 N–H and O–H groups in total. The minimum Gasteiger partial charge on any atom is -0.488 e. The minimum atomic E-state index is -0.380. The fourth-order valence-electron chi connectivity index (χ4n) is 0.762. The maximum absolute atomic E-state index is 12.7. The predicted octanol–water partition coefficient (Wildman–Crippen LogP) is 3.61. The summed E-state index contributed by atoms with van der Waals surface area (Å²) in [5.74, 6) is -0.0642. The second-order valence-corrected chi connectivity index (χ2v) is 2.91. The van der Waals surface area contributed by atoms with Crippen molar-refractivity contribution in [3.63, 3.8) is 0 Å². The molecule has 1 aromatic rings. The highest BCUT2D eigenvalue weighted by molar-refractivity contribution is 6.32. The Bertz CT molecular complexity index is 312. The first kappa shape index (κ1) is 10.4. The van der Waals surface area contributed by atoms with Crippen molar-refractivity contribution < 1.29 is 9.13 Å². The van der Waals surface area contributed by atoms with Crippen molar-refractivity contribution in [2.75, 3.05) is 6.61 Å². The van der Waals surface area contributed by atoms with Crippen LogP contribution in [0.3, 0.4) is 0 Å². The van der Waals surface area contributed by atoms with Gasteiger partial charge in [-0.15, -0.1) is 0 Å². The Morgan fingerprint density at radius 3 is 2.92 bits per heavy atom. The maximum atomic E-state index is 12.7. The van der Waals surface area contributed by atoms with Crippen molar-refractivity contribution in [2.24, 2.45) is 0 Å². The van der Waals surface area contributed by atoms with E-state index in [0.29, 0.717) is 10.8 Å². The van der Waals surface area contributed by atoms with E-state index in [1.165, 1.54) is 23.7 Å². The molecular weight excluding hydrogens is 214 g/mol. The van der Waals surface area contributed by atoms with E-state index in [-0.39, 0.29) is 12.4 Å². The summed E-state index contributed by atoms with van der Waals surface area (Å²) in [6, 6.07) is 3.94.